The Kier molecular flexibility index (Phi) is 8.23. The molecule has 0 unspecified atom stereocenters. The van der Waals surface area contributed by atoms with Crippen molar-refractivity contribution in [3.05, 3.63) is 64.0 Å². The summed E-state index contributed by atoms with van der Waals surface area (Å²) in [6.07, 6.45) is 7.54. The number of thiophene rings is 1. The summed E-state index contributed by atoms with van der Waals surface area (Å²) in [6.45, 7) is 2.62. The maximum Gasteiger partial charge on any atom is 0.325 e. The van der Waals surface area contributed by atoms with E-state index in [1.165, 1.54) is 53.5 Å². The number of carbonyl (C=O) groups excluding carboxylic acids is 1. The van der Waals surface area contributed by atoms with Gasteiger partial charge in [-0.25, -0.2) is 0 Å². The van der Waals surface area contributed by atoms with E-state index in [2.05, 4.69) is 40.9 Å². The maximum atomic E-state index is 12.5. The summed E-state index contributed by atoms with van der Waals surface area (Å²) in [7, 11) is 0. The molecule has 0 fully saturated rings. The van der Waals surface area contributed by atoms with E-state index in [1.54, 1.807) is 12.1 Å². The number of rotatable bonds is 12. The second-order valence-corrected chi connectivity index (χ2v) is 8.50. The molecule has 0 spiro atoms. The minimum absolute atomic E-state index is 0.245. The van der Waals surface area contributed by atoms with E-state index in [1.807, 2.05) is 12.1 Å². The van der Waals surface area contributed by atoms with Crippen LogP contribution in [0.4, 0.5) is 11.5 Å². The molecule has 31 heavy (non-hydrogen) atoms. The molecule has 7 nitrogen and oxygen atoms in total. The van der Waals surface area contributed by atoms with E-state index in [0.29, 0.717) is 17.2 Å². The minimum atomic E-state index is -0.987. The van der Waals surface area contributed by atoms with Crippen LogP contribution in [0.5, 0.6) is 0 Å². The van der Waals surface area contributed by atoms with E-state index >= 15 is 0 Å². The molecule has 0 saturated carbocycles. The van der Waals surface area contributed by atoms with Crippen LogP contribution < -0.4 is 10.6 Å². The Hall–Kier alpha value is -3.13. The van der Waals surface area contributed by atoms with Crippen LogP contribution in [0.25, 0.3) is 0 Å². The number of nitrogens with one attached hydrogen (secondary N) is 2. The summed E-state index contributed by atoms with van der Waals surface area (Å²) in [5.41, 5.74) is 2.47. The molecule has 0 radical (unpaired) electrons. The molecule has 0 aliphatic heterocycles. The summed E-state index contributed by atoms with van der Waals surface area (Å²) >= 11 is 1.42. The quantitative estimate of drug-likeness (QED) is 0.344. The lowest BCUT2D eigenvalue weighted by molar-refractivity contribution is -0.137. The van der Waals surface area contributed by atoms with E-state index in [4.69, 9.17) is 5.11 Å². The van der Waals surface area contributed by atoms with Gasteiger partial charge in [-0.05, 0) is 36.6 Å². The molecule has 3 N–H and O–H groups in total. The Bertz CT molecular complexity index is 1010. The van der Waals surface area contributed by atoms with Crippen LogP contribution >= 0.6 is 11.3 Å². The van der Waals surface area contributed by atoms with Crippen LogP contribution in [-0.4, -0.2) is 26.8 Å². The number of aromatic nitrogens is 2. The number of anilines is 2. The van der Waals surface area contributed by atoms with E-state index < -0.39 is 5.97 Å². The van der Waals surface area contributed by atoms with Gasteiger partial charge in [-0.15, -0.1) is 11.3 Å². The largest absolute Gasteiger partial charge is 0.480 e. The number of hydrogen-bond acceptors (Lipinski definition) is 5. The number of benzene rings is 1. The number of aryl methyl sites for hydroxylation is 1. The number of carbonyl (C=O) groups is 2. The highest BCUT2D eigenvalue weighted by Gasteiger charge is 2.12. The molecule has 2 heterocycles. The zero-order valence-corrected chi connectivity index (χ0v) is 18.5. The Morgan fingerprint density at radius 3 is 2.74 bits per heavy atom. The Balaban J connectivity index is 1.54. The van der Waals surface area contributed by atoms with Crippen LogP contribution in [0.1, 0.15) is 52.7 Å². The summed E-state index contributed by atoms with van der Waals surface area (Å²) in [4.78, 5) is 24.8. The summed E-state index contributed by atoms with van der Waals surface area (Å²) in [6, 6.07) is 13.7. The summed E-state index contributed by atoms with van der Waals surface area (Å²) < 4.78 is 1.27. The van der Waals surface area contributed by atoms with Crippen molar-refractivity contribution in [1.29, 1.82) is 0 Å². The summed E-state index contributed by atoms with van der Waals surface area (Å²) in [5.74, 6) is -0.914. The highest BCUT2D eigenvalue weighted by Crippen LogP contribution is 2.22. The molecule has 0 aliphatic rings. The first-order valence-corrected chi connectivity index (χ1v) is 11.3. The predicted octanol–water partition coefficient (Wildman–Crippen LogP) is 5.02. The molecule has 0 saturated heterocycles. The molecule has 1 aromatic carbocycles. The van der Waals surface area contributed by atoms with Crippen molar-refractivity contribution in [2.45, 2.75) is 52.1 Å². The lowest BCUT2D eigenvalue weighted by atomic mass is 10.0. The number of nitrogens with zero attached hydrogens (tertiary/aromatic N) is 2. The number of aliphatic carboxylic acids is 1. The predicted molar refractivity (Wildman–Crippen MR) is 124 cm³/mol. The zero-order chi connectivity index (χ0) is 22.1. The summed E-state index contributed by atoms with van der Waals surface area (Å²) in [5, 5.41) is 19.1. The van der Waals surface area contributed by atoms with Crippen molar-refractivity contribution >= 4 is 34.7 Å². The fourth-order valence-electron chi connectivity index (χ4n) is 3.26. The second-order valence-electron chi connectivity index (χ2n) is 7.33. The van der Waals surface area contributed by atoms with Crippen molar-refractivity contribution in [3.8, 4) is 0 Å². The standard InChI is InChI=1S/C23H28N4O3S/c1-2-3-4-5-8-17-9-6-7-10-19(17)24-15-18-11-12-20(31-18)23(30)25-21-13-14-27(26-21)16-22(28)29/h6-7,9-14,24H,2-5,8,15-16H2,1H3,(H,28,29)(H,25,26,30). The molecule has 0 atom stereocenters. The monoisotopic (exact) mass is 440 g/mol. The minimum Gasteiger partial charge on any atom is -0.480 e. The van der Waals surface area contributed by atoms with E-state index in [-0.39, 0.29) is 12.5 Å². The molecule has 2 aromatic heterocycles. The molecule has 3 rings (SSSR count). The van der Waals surface area contributed by atoms with Crippen LogP contribution in [0, 0.1) is 0 Å². The molecule has 8 heteroatoms. The lowest BCUT2D eigenvalue weighted by Gasteiger charge is -2.11. The van der Waals surface area contributed by atoms with Crippen LogP contribution in [-0.2, 0) is 24.3 Å². The molecule has 1 amide bonds. The number of hydrogen-bond donors (Lipinski definition) is 3. The third-order valence-electron chi connectivity index (χ3n) is 4.84. The molecule has 0 aliphatic carbocycles. The highest BCUT2D eigenvalue weighted by atomic mass is 32.1. The van der Waals surface area contributed by atoms with E-state index in [0.717, 1.165) is 17.0 Å². The fraction of sp³-hybridized carbons (Fsp3) is 0.348. The molecule has 0 bridgehead atoms. The van der Waals surface area contributed by atoms with Gasteiger partial charge in [-0.2, -0.15) is 5.10 Å². The van der Waals surface area contributed by atoms with E-state index in [9.17, 15) is 9.59 Å². The van der Waals surface area contributed by atoms with Gasteiger partial charge in [0, 0.05) is 29.4 Å². The number of carboxylic acid groups (broad SMARTS) is 1. The number of para-hydroxylation sites is 1. The Morgan fingerprint density at radius 1 is 1.10 bits per heavy atom. The Morgan fingerprint density at radius 2 is 1.94 bits per heavy atom. The van der Waals surface area contributed by atoms with Gasteiger partial charge in [0.2, 0.25) is 0 Å². The smallest absolute Gasteiger partial charge is 0.325 e. The zero-order valence-electron chi connectivity index (χ0n) is 17.6. The third-order valence-corrected chi connectivity index (χ3v) is 5.92. The van der Waals surface area contributed by atoms with Crippen molar-refractivity contribution in [3.63, 3.8) is 0 Å². The van der Waals surface area contributed by atoms with Crippen LogP contribution in [0.2, 0.25) is 0 Å². The van der Waals surface area contributed by atoms with Crippen molar-refractivity contribution in [2.75, 3.05) is 10.6 Å². The highest BCUT2D eigenvalue weighted by molar-refractivity contribution is 7.14. The average Bonchev–Trinajstić information content (AvgIpc) is 3.39. The molecular formula is C23H28N4O3S. The van der Waals surface area contributed by atoms with Gasteiger partial charge >= 0.3 is 5.97 Å². The molecule has 164 valence electrons. The van der Waals surface area contributed by atoms with Gasteiger partial charge in [-0.1, -0.05) is 44.4 Å². The molecule has 3 aromatic rings. The maximum absolute atomic E-state index is 12.5. The first kappa shape index (κ1) is 22.6. The lowest BCUT2D eigenvalue weighted by Crippen LogP contribution is -2.13. The first-order chi connectivity index (χ1) is 15.0. The van der Waals surface area contributed by atoms with Crippen LogP contribution in [0.15, 0.2) is 48.7 Å². The third kappa shape index (κ3) is 6.96. The van der Waals surface area contributed by atoms with Crippen molar-refractivity contribution in [2.24, 2.45) is 0 Å². The van der Waals surface area contributed by atoms with Crippen LogP contribution in [0.3, 0.4) is 0 Å². The van der Waals surface area contributed by atoms with Gasteiger partial charge in [0.15, 0.2) is 5.82 Å². The second kappa shape index (κ2) is 11.3. The SMILES string of the molecule is CCCCCCc1ccccc1NCc1ccc(C(=O)Nc2ccn(CC(=O)O)n2)s1. The van der Waals surface area contributed by atoms with Gasteiger partial charge < -0.3 is 15.7 Å². The van der Waals surface area contributed by atoms with Gasteiger partial charge in [0.05, 0.1) is 4.88 Å². The van der Waals surface area contributed by atoms with Crippen molar-refractivity contribution in [1.82, 2.24) is 9.78 Å². The first-order valence-electron chi connectivity index (χ1n) is 10.5. The number of unbranched alkanes of at least 4 members (excludes halogenated alkanes) is 3. The van der Waals surface area contributed by atoms with Gasteiger partial charge in [0.25, 0.3) is 5.91 Å². The normalized spacial score (nSPS) is 10.7. The average molecular weight is 441 g/mol. The van der Waals surface area contributed by atoms with Gasteiger partial charge in [0.1, 0.15) is 6.54 Å². The van der Waals surface area contributed by atoms with Gasteiger partial charge in [-0.3, -0.25) is 14.3 Å². The number of amides is 1. The Labute approximate surface area is 186 Å². The van der Waals surface area contributed by atoms with Crippen molar-refractivity contribution < 1.29 is 14.7 Å². The topological polar surface area (TPSA) is 96.2 Å². The molecular weight excluding hydrogens is 412 g/mol. The number of carboxylic acids is 1. The fourth-order valence-corrected chi connectivity index (χ4v) is 4.11.